The van der Waals surface area contributed by atoms with Gasteiger partial charge in [0.15, 0.2) is 0 Å². The molecule has 0 aliphatic carbocycles. The average Bonchev–Trinajstić information content (AvgIpc) is 1.87. The van der Waals surface area contributed by atoms with Crippen molar-refractivity contribution in [3.05, 3.63) is 11.6 Å². The number of rotatable bonds is 0. The van der Waals surface area contributed by atoms with E-state index >= 15 is 0 Å². The van der Waals surface area contributed by atoms with E-state index in [2.05, 4.69) is 13.0 Å². The van der Waals surface area contributed by atoms with E-state index in [1.165, 1.54) is 5.57 Å². The fourth-order valence-corrected chi connectivity index (χ4v) is 2.03. The van der Waals surface area contributed by atoms with Crippen LogP contribution in [-0.2, 0) is 0 Å². The maximum Gasteiger partial charge on any atom is 0.0331 e. The Kier molecular flexibility index (Phi) is 1.46. The van der Waals surface area contributed by atoms with Crippen LogP contribution < -0.4 is 0 Å². The molecule has 0 spiro atoms. The van der Waals surface area contributed by atoms with Crippen molar-refractivity contribution >= 4 is 8.15 Å². The Balaban J connectivity index is 2.42. The van der Waals surface area contributed by atoms with Gasteiger partial charge in [-0.3, -0.25) is 0 Å². The maximum absolute atomic E-state index is 8.91. The lowest BCUT2D eigenvalue weighted by Gasteiger charge is -1.94. The molecule has 1 N–H and O–H groups in total. The molecule has 1 unspecified atom stereocenters. The summed E-state index contributed by atoms with van der Waals surface area (Å²) in [5.41, 5.74) is 1.36. The highest BCUT2D eigenvalue weighted by Gasteiger charge is 2.08. The van der Waals surface area contributed by atoms with Crippen LogP contribution in [0.25, 0.3) is 0 Å². The fraction of sp³-hybridized carbons (Fsp3) is 0.600. The summed E-state index contributed by atoms with van der Waals surface area (Å²) in [6.07, 6.45) is 4.00. The summed E-state index contributed by atoms with van der Waals surface area (Å²) in [5.74, 6) is 0. The highest BCUT2D eigenvalue weighted by molar-refractivity contribution is 7.52. The van der Waals surface area contributed by atoms with E-state index in [-0.39, 0.29) is 0 Å². The summed E-state index contributed by atoms with van der Waals surface area (Å²) in [5, 5.41) is 0. The topological polar surface area (TPSA) is 20.2 Å². The average molecular weight is 116 g/mol. The molecule has 0 saturated carbocycles. The minimum atomic E-state index is -0.597. The van der Waals surface area contributed by atoms with Gasteiger partial charge in [-0.2, -0.15) is 0 Å². The van der Waals surface area contributed by atoms with Gasteiger partial charge in [0, 0.05) is 20.5 Å². The Morgan fingerprint density at radius 1 is 1.86 bits per heavy atom. The molecule has 0 aromatic heterocycles. The number of allylic oxidation sites excluding steroid dienone is 2. The molecule has 1 atom stereocenters. The van der Waals surface area contributed by atoms with E-state index in [4.69, 9.17) is 4.89 Å². The van der Waals surface area contributed by atoms with Crippen LogP contribution in [0.4, 0.5) is 0 Å². The van der Waals surface area contributed by atoms with Crippen LogP contribution in [0.15, 0.2) is 11.6 Å². The van der Waals surface area contributed by atoms with Crippen molar-refractivity contribution in [1.29, 1.82) is 0 Å². The van der Waals surface area contributed by atoms with Crippen LogP contribution in [0.1, 0.15) is 6.92 Å². The first-order chi connectivity index (χ1) is 3.29. The van der Waals surface area contributed by atoms with Crippen LogP contribution in [0.5, 0.6) is 0 Å². The summed E-state index contributed by atoms with van der Waals surface area (Å²) in [4.78, 5) is 8.91. The van der Waals surface area contributed by atoms with Gasteiger partial charge in [-0.15, -0.1) is 0 Å². The molecule has 1 aliphatic heterocycles. The highest BCUT2D eigenvalue weighted by atomic mass is 31.1. The van der Waals surface area contributed by atoms with Crippen molar-refractivity contribution < 1.29 is 4.89 Å². The molecule has 1 nitrogen and oxygen atoms in total. The molecule has 0 aromatic rings. The van der Waals surface area contributed by atoms with E-state index in [0.29, 0.717) is 0 Å². The number of hydrogen-bond donors (Lipinski definition) is 1. The van der Waals surface area contributed by atoms with Crippen molar-refractivity contribution in [2.24, 2.45) is 0 Å². The molecule has 0 fully saturated rings. The highest BCUT2D eigenvalue weighted by Crippen LogP contribution is 2.37. The summed E-state index contributed by atoms with van der Waals surface area (Å²) in [7, 11) is -0.597. The fourth-order valence-electron chi connectivity index (χ4n) is 0.678. The van der Waals surface area contributed by atoms with E-state index in [9.17, 15) is 0 Å². The van der Waals surface area contributed by atoms with Gasteiger partial charge in [0.1, 0.15) is 0 Å². The van der Waals surface area contributed by atoms with Crippen LogP contribution in [-0.4, -0.2) is 17.2 Å². The second-order valence-corrected chi connectivity index (χ2v) is 3.59. The van der Waals surface area contributed by atoms with Gasteiger partial charge in [0.05, 0.1) is 0 Å². The van der Waals surface area contributed by atoms with E-state index in [1.807, 2.05) is 0 Å². The molecule has 1 aliphatic rings. The predicted molar refractivity (Wildman–Crippen MR) is 32.6 cm³/mol. The molecule has 0 bridgehead atoms. The Morgan fingerprint density at radius 3 is 2.71 bits per heavy atom. The molecule has 0 amide bonds. The van der Waals surface area contributed by atoms with Crippen LogP contribution in [0, 0.1) is 0 Å². The third kappa shape index (κ3) is 1.25. The third-order valence-corrected chi connectivity index (χ3v) is 2.55. The quantitative estimate of drug-likeness (QED) is 0.374. The van der Waals surface area contributed by atoms with Gasteiger partial charge < -0.3 is 4.89 Å². The maximum atomic E-state index is 8.91. The van der Waals surface area contributed by atoms with E-state index < -0.39 is 8.15 Å². The minimum absolute atomic E-state index is 0.597. The van der Waals surface area contributed by atoms with Gasteiger partial charge in [-0.1, -0.05) is 11.6 Å². The zero-order valence-corrected chi connectivity index (χ0v) is 5.28. The molecule has 7 heavy (non-hydrogen) atoms. The lowest BCUT2D eigenvalue weighted by molar-refractivity contribution is 0.631. The third-order valence-electron chi connectivity index (χ3n) is 1.08. The van der Waals surface area contributed by atoms with Gasteiger partial charge in [-0.05, 0) is 6.92 Å². The van der Waals surface area contributed by atoms with E-state index in [0.717, 1.165) is 12.3 Å². The van der Waals surface area contributed by atoms with Crippen molar-refractivity contribution in [3.8, 4) is 0 Å². The predicted octanol–water partition coefficient (Wildman–Crippen LogP) is 1.34. The molecule has 0 radical (unpaired) electrons. The Labute approximate surface area is 44.9 Å². The summed E-state index contributed by atoms with van der Waals surface area (Å²) >= 11 is 0. The molecule has 1 rings (SSSR count). The molecule has 2 heteroatoms. The Bertz CT molecular complexity index is 98.3. The minimum Gasteiger partial charge on any atom is -0.373 e. The SMILES string of the molecule is CC1=CCP(O)C1. The van der Waals surface area contributed by atoms with Gasteiger partial charge >= 0.3 is 0 Å². The molecular weight excluding hydrogens is 107 g/mol. The van der Waals surface area contributed by atoms with Gasteiger partial charge in [0.25, 0.3) is 0 Å². The van der Waals surface area contributed by atoms with Gasteiger partial charge in [0.2, 0.25) is 0 Å². The van der Waals surface area contributed by atoms with Crippen LogP contribution in [0.2, 0.25) is 0 Å². The van der Waals surface area contributed by atoms with Crippen molar-refractivity contribution in [2.75, 3.05) is 12.3 Å². The molecule has 40 valence electrons. The first-order valence-electron chi connectivity index (χ1n) is 2.38. The zero-order chi connectivity index (χ0) is 5.28. The van der Waals surface area contributed by atoms with Crippen LogP contribution >= 0.6 is 8.15 Å². The van der Waals surface area contributed by atoms with E-state index in [1.54, 1.807) is 0 Å². The summed E-state index contributed by atoms with van der Waals surface area (Å²) < 4.78 is 0. The van der Waals surface area contributed by atoms with Crippen LogP contribution in [0.3, 0.4) is 0 Å². The summed E-state index contributed by atoms with van der Waals surface area (Å²) in [6, 6.07) is 0. The second kappa shape index (κ2) is 1.94. The monoisotopic (exact) mass is 116 g/mol. The lowest BCUT2D eigenvalue weighted by Crippen LogP contribution is -1.74. The standard InChI is InChI=1S/C5H9OP/c1-5-2-3-7(6)4-5/h2,6H,3-4H2,1H3. The molecular formula is C5H9OP. The Hall–Kier alpha value is 0.130. The smallest absolute Gasteiger partial charge is 0.0331 e. The van der Waals surface area contributed by atoms with Crippen molar-refractivity contribution in [2.45, 2.75) is 6.92 Å². The normalized spacial score (nSPS) is 30.6. The molecule has 1 heterocycles. The van der Waals surface area contributed by atoms with Crippen molar-refractivity contribution in [3.63, 3.8) is 0 Å². The zero-order valence-electron chi connectivity index (χ0n) is 4.39. The summed E-state index contributed by atoms with van der Waals surface area (Å²) in [6.45, 7) is 2.07. The Morgan fingerprint density at radius 2 is 2.57 bits per heavy atom. The largest absolute Gasteiger partial charge is 0.373 e. The first-order valence-corrected chi connectivity index (χ1v) is 4.05. The van der Waals surface area contributed by atoms with Gasteiger partial charge in [-0.25, -0.2) is 0 Å². The molecule has 0 aromatic carbocycles. The second-order valence-electron chi connectivity index (χ2n) is 1.90. The lowest BCUT2D eigenvalue weighted by atomic mass is 10.3. The first kappa shape index (κ1) is 5.27. The van der Waals surface area contributed by atoms with Crippen molar-refractivity contribution in [1.82, 2.24) is 0 Å². The molecule has 0 saturated heterocycles. The number of hydrogen-bond acceptors (Lipinski definition) is 1.